The molecule has 18 heavy (non-hydrogen) atoms. The molecule has 1 heterocycles. The van der Waals surface area contributed by atoms with Crippen LogP contribution in [0.25, 0.3) is 0 Å². The summed E-state index contributed by atoms with van der Waals surface area (Å²) in [6.07, 6.45) is -0.690. The Balaban J connectivity index is 2.85. The van der Waals surface area contributed by atoms with Crippen molar-refractivity contribution >= 4 is 33.8 Å². The van der Waals surface area contributed by atoms with Crippen molar-refractivity contribution < 1.29 is 19.4 Å². The fraction of sp³-hybridized carbons (Fsp3) is 0.364. The number of pyridine rings is 1. The zero-order chi connectivity index (χ0) is 13.9. The molecule has 0 saturated carbocycles. The molecule has 0 fully saturated rings. The summed E-state index contributed by atoms with van der Waals surface area (Å²) < 4.78 is 5.34. The van der Waals surface area contributed by atoms with Crippen molar-refractivity contribution in [2.24, 2.45) is 0 Å². The highest BCUT2D eigenvalue weighted by Crippen LogP contribution is 2.16. The van der Waals surface area contributed by atoms with Crippen LogP contribution in [0.4, 0.5) is 10.6 Å². The Hall–Kier alpha value is -1.63. The Morgan fingerprint density at radius 3 is 2.50 bits per heavy atom. The van der Waals surface area contributed by atoms with Crippen molar-refractivity contribution in [1.82, 2.24) is 4.98 Å². The number of aromatic carboxylic acids is 1. The zero-order valence-electron chi connectivity index (χ0n) is 10.2. The molecule has 0 radical (unpaired) electrons. The molecule has 1 aromatic rings. The van der Waals surface area contributed by atoms with Gasteiger partial charge >= 0.3 is 12.1 Å². The van der Waals surface area contributed by atoms with E-state index in [0.717, 1.165) is 0 Å². The van der Waals surface area contributed by atoms with Crippen molar-refractivity contribution in [1.29, 1.82) is 0 Å². The molecule has 0 aliphatic heterocycles. The van der Waals surface area contributed by atoms with Crippen LogP contribution >= 0.6 is 15.9 Å². The van der Waals surface area contributed by atoms with Gasteiger partial charge in [0.05, 0.1) is 5.56 Å². The van der Waals surface area contributed by atoms with Crippen molar-refractivity contribution in [2.45, 2.75) is 26.4 Å². The third kappa shape index (κ3) is 4.70. The second kappa shape index (κ2) is 5.34. The molecule has 7 heteroatoms. The maximum atomic E-state index is 11.5. The molecule has 1 aromatic heterocycles. The maximum Gasteiger partial charge on any atom is 0.413 e. The predicted octanol–water partition coefficient (Wildman–Crippen LogP) is 2.89. The van der Waals surface area contributed by atoms with Gasteiger partial charge in [-0.1, -0.05) is 0 Å². The Morgan fingerprint density at radius 1 is 1.39 bits per heavy atom. The van der Waals surface area contributed by atoms with Crippen LogP contribution in [0, 0.1) is 0 Å². The quantitative estimate of drug-likeness (QED) is 0.819. The number of ether oxygens (including phenoxy) is 1. The lowest BCUT2D eigenvalue weighted by atomic mass is 10.2. The van der Waals surface area contributed by atoms with Crippen LogP contribution < -0.4 is 5.32 Å². The summed E-state index contributed by atoms with van der Waals surface area (Å²) in [5, 5.41) is 11.2. The first kappa shape index (κ1) is 14.4. The summed E-state index contributed by atoms with van der Waals surface area (Å²) >= 11 is 3.07. The number of hydrogen-bond acceptors (Lipinski definition) is 4. The van der Waals surface area contributed by atoms with E-state index in [-0.39, 0.29) is 11.4 Å². The summed E-state index contributed by atoms with van der Waals surface area (Å²) in [4.78, 5) is 26.2. The number of nitrogens with one attached hydrogen (secondary N) is 1. The molecule has 0 aliphatic rings. The maximum absolute atomic E-state index is 11.5. The monoisotopic (exact) mass is 316 g/mol. The fourth-order valence-electron chi connectivity index (χ4n) is 1.09. The SMILES string of the molecule is CC(C)(C)OC(=O)Nc1cc(C(=O)O)cc(Br)n1. The molecule has 2 N–H and O–H groups in total. The van der Waals surface area contributed by atoms with E-state index in [1.54, 1.807) is 20.8 Å². The van der Waals surface area contributed by atoms with Crippen LogP contribution in [0.2, 0.25) is 0 Å². The highest BCUT2D eigenvalue weighted by atomic mass is 79.9. The third-order valence-electron chi connectivity index (χ3n) is 1.67. The number of hydrogen-bond donors (Lipinski definition) is 2. The van der Waals surface area contributed by atoms with Gasteiger partial charge in [-0.3, -0.25) is 5.32 Å². The highest BCUT2D eigenvalue weighted by molar-refractivity contribution is 9.10. The summed E-state index contributed by atoms with van der Waals surface area (Å²) in [5.41, 5.74) is -0.617. The number of anilines is 1. The Morgan fingerprint density at radius 2 is 2.00 bits per heavy atom. The lowest BCUT2D eigenvalue weighted by molar-refractivity contribution is 0.0632. The molecule has 98 valence electrons. The number of carbonyl (C=O) groups is 2. The number of carboxylic acid groups (broad SMARTS) is 1. The van der Waals surface area contributed by atoms with Crippen molar-refractivity contribution in [3.8, 4) is 0 Å². The van der Waals surface area contributed by atoms with Gasteiger partial charge in [0.1, 0.15) is 16.0 Å². The first-order valence-corrected chi connectivity index (χ1v) is 5.87. The molecule has 0 saturated heterocycles. The minimum absolute atomic E-state index is 0.0166. The van der Waals surface area contributed by atoms with Crippen LogP contribution in [0.3, 0.4) is 0 Å². The Bertz CT molecular complexity index is 482. The lowest BCUT2D eigenvalue weighted by Crippen LogP contribution is -2.27. The number of rotatable bonds is 2. The second-order valence-corrected chi connectivity index (χ2v) is 5.31. The van der Waals surface area contributed by atoms with Gasteiger partial charge in [0.2, 0.25) is 0 Å². The molecule has 0 aromatic carbocycles. The van der Waals surface area contributed by atoms with Crippen molar-refractivity contribution in [3.63, 3.8) is 0 Å². The third-order valence-corrected chi connectivity index (χ3v) is 2.08. The van der Waals surface area contributed by atoms with Crippen LogP contribution in [-0.4, -0.2) is 27.8 Å². The van der Waals surface area contributed by atoms with Gasteiger partial charge < -0.3 is 9.84 Å². The number of halogens is 1. The summed E-state index contributed by atoms with van der Waals surface area (Å²) in [7, 11) is 0. The molecule has 1 amide bonds. The first-order valence-electron chi connectivity index (χ1n) is 5.08. The summed E-state index contributed by atoms with van der Waals surface area (Å²) in [6, 6.07) is 2.58. The minimum atomic E-state index is -1.11. The van der Waals surface area contributed by atoms with E-state index in [4.69, 9.17) is 9.84 Å². The Kier molecular flexibility index (Phi) is 4.28. The summed E-state index contributed by atoms with van der Waals surface area (Å²) in [5.74, 6) is -0.999. The summed E-state index contributed by atoms with van der Waals surface area (Å²) in [6.45, 7) is 5.18. The highest BCUT2D eigenvalue weighted by Gasteiger charge is 2.17. The van der Waals surface area contributed by atoms with E-state index >= 15 is 0 Å². The number of amides is 1. The molecular weight excluding hydrogens is 304 g/mol. The number of carboxylic acids is 1. The van der Waals surface area contributed by atoms with E-state index < -0.39 is 17.7 Å². The second-order valence-electron chi connectivity index (χ2n) is 4.50. The minimum Gasteiger partial charge on any atom is -0.478 e. The average molecular weight is 317 g/mol. The topological polar surface area (TPSA) is 88.5 Å². The van der Waals surface area contributed by atoms with Crippen molar-refractivity contribution in [2.75, 3.05) is 5.32 Å². The average Bonchev–Trinajstić information content (AvgIpc) is 2.12. The molecule has 6 nitrogen and oxygen atoms in total. The van der Waals surface area contributed by atoms with Gasteiger partial charge in [-0.2, -0.15) is 0 Å². The van der Waals surface area contributed by atoms with Gasteiger partial charge in [-0.25, -0.2) is 14.6 Å². The van der Waals surface area contributed by atoms with Gasteiger partial charge in [0.15, 0.2) is 0 Å². The molecule has 0 spiro atoms. The largest absolute Gasteiger partial charge is 0.478 e. The van der Waals surface area contributed by atoms with E-state index in [9.17, 15) is 9.59 Å². The zero-order valence-corrected chi connectivity index (χ0v) is 11.7. The van der Waals surface area contributed by atoms with Gasteiger partial charge in [0, 0.05) is 0 Å². The van der Waals surface area contributed by atoms with E-state index in [1.807, 2.05) is 0 Å². The predicted molar refractivity (Wildman–Crippen MR) is 68.8 cm³/mol. The fourth-order valence-corrected chi connectivity index (χ4v) is 1.53. The molecule has 0 bridgehead atoms. The smallest absolute Gasteiger partial charge is 0.413 e. The Labute approximate surface area is 112 Å². The van der Waals surface area contributed by atoms with E-state index in [1.165, 1.54) is 12.1 Å². The van der Waals surface area contributed by atoms with E-state index in [2.05, 4.69) is 26.2 Å². The molecular formula is C11H13BrN2O4. The molecule has 1 rings (SSSR count). The molecule has 0 atom stereocenters. The first-order chi connectivity index (χ1) is 8.17. The van der Waals surface area contributed by atoms with E-state index in [0.29, 0.717) is 4.60 Å². The van der Waals surface area contributed by atoms with Crippen molar-refractivity contribution in [3.05, 3.63) is 22.3 Å². The van der Waals surface area contributed by atoms with Gasteiger partial charge in [-0.15, -0.1) is 0 Å². The normalized spacial score (nSPS) is 10.9. The van der Waals surface area contributed by atoms with Gasteiger partial charge in [0.25, 0.3) is 0 Å². The molecule has 0 unspecified atom stereocenters. The molecule has 0 aliphatic carbocycles. The number of carbonyl (C=O) groups excluding carboxylic acids is 1. The standard InChI is InChI=1S/C11H13BrN2O4/c1-11(2,3)18-10(17)14-8-5-6(9(15)16)4-7(12)13-8/h4-5H,1-3H3,(H,15,16)(H,13,14,17). The van der Waals surface area contributed by atoms with Crippen LogP contribution in [0.5, 0.6) is 0 Å². The van der Waals surface area contributed by atoms with Crippen LogP contribution in [0.1, 0.15) is 31.1 Å². The lowest BCUT2D eigenvalue weighted by Gasteiger charge is -2.19. The number of aromatic nitrogens is 1. The van der Waals surface area contributed by atoms with Crippen LogP contribution in [-0.2, 0) is 4.74 Å². The van der Waals surface area contributed by atoms with Crippen LogP contribution in [0.15, 0.2) is 16.7 Å². The number of nitrogens with zero attached hydrogens (tertiary/aromatic N) is 1. The van der Waals surface area contributed by atoms with Gasteiger partial charge in [-0.05, 0) is 48.8 Å².